The van der Waals surface area contributed by atoms with Crippen molar-refractivity contribution < 1.29 is 22.4 Å². The molecule has 8 nitrogen and oxygen atoms in total. The largest absolute Gasteiger partial charge is 0.417 e. The molecule has 3 aromatic heterocycles. The number of nitrogens with one attached hydrogen (secondary N) is 2. The van der Waals surface area contributed by atoms with Gasteiger partial charge in [0, 0.05) is 24.2 Å². The molecule has 12 heteroatoms. The number of alkyl halides is 3. The Bertz CT molecular complexity index is 1430. The van der Waals surface area contributed by atoms with Crippen LogP contribution in [0.3, 0.4) is 0 Å². The number of fused-ring (bicyclic) bond motifs is 1. The van der Waals surface area contributed by atoms with Crippen LogP contribution in [0, 0.1) is 0 Å². The summed E-state index contributed by atoms with van der Waals surface area (Å²) < 4.78 is 51.0. The minimum absolute atomic E-state index is 0.0202. The summed E-state index contributed by atoms with van der Waals surface area (Å²) in [5.74, 6) is -3.34. The highest BCUT2D eigenvalue weighted by atomic mass is 32.1. The number of nitrogens with zero attached hydrogens (tertiary/aromatic N) is 4. The number of halogens is 3. The highest BCUT2D eigenvalue weighted by Gasteiger charge is 2.31. The zero-order valence-corrected chi connectivity index (χ0v) is 21.5. The number of thiophene rings is 1. The first kappa shape index (κ1) is 26.0. The van der Waals surface area contributed by atoms with Crippen molar-refractivity contribution in [2.24, 2.45) is 0 Å². The lowest BCUT2D eigenvalue weighted by atomic mass is 10.0. The average Bonchev–Trinajstić information content (AvgIpc) is 3.65. The minimum atomic E-state index is -3.21. The Balaban J connectivity index is 1.46. The van der Waals surface area contributed by atoms with Crippen molar-refractivity contribution in [3.63, 3.8) is 0 Å². The molecule has 4 aromatic rings. The van der Waals surface area contributed by atoms with Gasteiger partial charge in [0.2, 0.25) is 5.89 Å². The summed E-state index contributed by atoms with van der Waals surface area (Å²) in [5.41, 5.74) is 1.41. The van der Waals surface area contributed by atoms with E-state index >= 15 is 0 Å². The molecule has 1 aliphatic heterocycles. The first-order chi connectivity index (χ1) is 18.2. The molecule has 0 radical (unpaired) electrons. The summed E-state index contributed by atoms with van der Waals surface area (Å²) in [7, 11) is 1.88. The summed E-state index contributed by atoms with van der Waals surface area (Å²) >= 11 is 1.30. The second-order valence-corrected chi connectivity index (χ2v) is 10.2. The van der Waals surface area contributed by atoms with E-state index in [4.69, 9.17) is 4.42 Å². The molecule has 200 valence electrons. The van der Waals surface area contributed by atoms with Crippen LogP contribution in [0.2, 0.25) is 0 Å². The van der Waals surface area contributed by atoms with Crippen LogP contribution in [0.25, 0.3) is 22.5 Å². The van der Waals surface area contributed by atoms with E-state index in [1.807, 2.05) is 11.9 Å². The van der Waals surface area contributed by atoms with E-state index in [0.29, 0.717) is 40.5 Å². The zero-order valence-electron chi connectivity index (χ0n) is 20.7. The van der Waals surface area contributed by atoms with Crippen molar-refractivity contribution >= 4 is 33.8 Å². The third-order valence-electron chi connectivity index (χ3n) is 6.53. The van der Waals surface area contributed by atoms with E-state index in [2.05, 4.69) is 27.4 Å². The number of allylic oxidation sites excluding steroid dienone is 1. The van der Waals surface area contributed by atoms with E-state index in [-0.39, 0.29) is 29.9 Å². The van der Waals surface area contributed by atoms with Crippen LogP contribution in [0.1, 0.15) is 22.0 Å². The maximum atomic E-state index is 14.7. The number of carbonyl (C=O) groups excluding carboxylic acids is 1. The van der Waals surface area contributed by atoms with Crippen LogP contribution in [0.4, 0.5) is 18.9 Å². The Kier molecular flexibility index (Phi) is 7.26. The molecule has 0 aliphatic carbocycles. The number of carbonyl (C=O) groups is 1. The standard InChI is InChI=1S/C26H27F3N6O2S/c1-3-26(28,29)15-35-20-7-4-6-18(31-19-9-10-34(2)14-17(19)27)16(20)12-21(35)25-33-32-23(37-25)13-30-24(36)22-8-5-11-38-22/h3-8,11-12,17,19,31H,1,9-10,13-15H2,2H3,(H,30,36)/t17-,19+/m1/s1. The fourth-order valence-electron chi connectivity index (χ4n) is 4.53. The topological polar surface area (TPSA) is 88.2 Å². The molecule has 1 fully saturated rings. The van der Waals surface area contributed by atoms with E-state index < -0.39 is 24.7 Å². The number of benzene rings is 1. The van der Waals surface area contributed by atoms with Gasteiger partial charge in [0.25, 0.3) is 17.7 Å². The van der Waals surface area contributed by atoms with Crippen molar-refractivity contribution in [2.75, 3.05) is 25.5 Å². The summed E-state index contributed by atoms with van der Waals surface area (Å²) in [6.07, 6.45) is 0.134. The molecule has 0 saturated carbocycles. The predicted octanol–water partition coefficient (Wildman–Crippen LogP) is 4.96. The first-order valence-corrected chi connectivity index (χ1v) is 13.0. The van der Waals surface area contributed by atoms with Crippen molar-refractivity contribution in [1.29, 1.82) is 0 Å². The van der Waals surface area contributed by atoms with Gasteiger partial charge < -0.3 is 24.5 Å². The Morgan fingerprint density at radius 2 is 2.16 bits per heavy atom. The van der Waals surface area contributed by atoms with E-state index in [9.17, 15) is 18.0 Å². The predicted molar refractivity (Wildman–Crippen MR) is 140 cm³/mol. The van der Waals surface area contributed by atoms with Gasteiger partial charge in [-0.3, -0.25) is 4.79 Å². The van der Waals surface area contributed by atoms with Gasteiger partial charge >= 0.3 is 0 Å². The summed E-state index contributed by atoms with van der Waals surface area (Å²) in [5, 5.41) is 16.4. The highest BCUT2D eigenvalue weighted by Crippen LogP contribution is 2.35. The van der Waals surface area contributed by atoms with Gasteiger partial charge in [0.1, 0.15) is 11.9 Å². The number of hydrogen-bond donors (Lipinski definition) is 2. The number of anilines is 1. The maximum Gasteiger partial charge on any atom is 0.283 e. The van der Waals surface area contributed by atoms with Gasteiger partial charge in [-0.2, -0.15) is 0 Å². The van der Waals surface area contributed by atoms with E-state index in [0.717, 1.165) is 6.54 Å². The first-order valence-electron chi connectivity index (χ1n) is 12.1. The minimum Gasteiger partial charge on any atom is -0.417 e. The molecule has 1 aromatic carbocycles. The molecule has 1 aliphatic rings. The average molecular weight is 545 g/mol. The van der Waals surface area contributed by atoms with Gasteiger partial charge in [-0.25, -0.2) is 13.2 Å². The number of aromatic nitrogens is 3. The van der Waals surface area contributed by atoms with Crippen LogP contribution in [-0.4, -0.2) is 63.8 Å². The number of likely N-dealkylation sites (tertiary alicyclic amines) is 1. The molecule has 0 bridgehead atoms. The fraction of sp³-hybridized carbons (Fsp3) is 0.346. The molecular formula is C26H27F3N6O2S. The van der Waals surface area contributed by atoms with Gasteiger partial charge in [-0.15, -0.1) is 21.5 Å². The fourth-order valence-corrected chi connectivity index (χ4v) is 5.17. The van der Waals surface area contributed by atoms with Gasteiger partial charge in [-0.1, -0.05) is 18.7 Å². The van der Waals surface area contributed by atoms with Crippen LogP contribution >= 0.6 is 11.3 Å². The molecule has 1 amide bonds. The molecule has 0 spiro atoms. The molecule has 38 heavy (non-hydrogen) atoms. The Hall–Kier alpha value is -3.64. The third-order valence-corrected chi connectivity index (χ3v) is 7.40. The smallest absolute Gasteiger partial charge is 0.283 e. The zero-order chi connectivity index (χ0) is 26.9. The second kappa shape index (κ2) is 10.6. The number of amides is 1. The molecule has 1 saturated heterocycles. The highest BCUT2D eigenvalue weighted by molar-refractivity contribution is 7.12. The summed E-state index contributed by atoms with van der Waals surface area (Å²) in [4.78, 5) is 14.7. The summed E-state index contributed by atoms with van der Waals surface area (Å²) in [6, 6.07) is 9.99. The summed E-state index contributed by atoms with van der Waals surface area (Å²) in [6.45, 7) is 3.60. The number of hydrogen-bond acceptors (Lipinski definition) is 7. The number of rotatable bonds is 9. The molecule has 0 unspecified atom stereocenters. The van der Waals surface area contributed by atoms with Gasteiger partial charge in [-0.05, 0) is 49.2 Å². The quantitative estimate of drug-likeness (QED) is 0.290. The Labute approximate surface area is 221 Å². The van der Waals surface area contributed by atoms with Gasteiger partial charge in [0.05, 0.1) is 29.5 Å². The molecule has 4 heterocycles. The lowest BCUT2D eigenvalue weighted by molar-refractivity contribution is 0.0380. The van der Waals surface area contributed by atoms with E-state index in [1.165, 1.54) is 15.9 Å². The van der Waals surface area contributed by atoms with Gasteiger partial charge in [0.15, 0.2) is 0 Å². The maximum absolute atomic E-state index is 14.7. The third kappa shape index (κ3) is 5.46. The molecule has 2 atom stereocenters. The van der Waals surface area contributed by atoms with Crippen molar-refractivity contribution in [1.82, 2.24) is 25.0 Å². The van der Waals surface area contributed by atoms with E-state index in [1.54, 1.807) is 41.8 Å². The molecule has 5 rings (SSSR count). The Morgan fingerprint density at radius 3 is 2.89 bits per heavy atom. The van der Waals surface area contributed by atoms with Crippen LogP contribution in [0.5, 0.6) is 0 Å². The van der Waals surface area contributed by atoms with Crippen LogP contribution in [-0.2, 0) is 13.1 Å². The van der Waals surface area contributed by atoms with Crippen molar-refractivity contribution in [3.05, 3.63) is 65.2 Å². The van der Waals surface area contributed by atoms with Crippen molar-refractivity contribution in [3.8, 4) is 11.6 Å². The van der Waals surface area contributed by atoms with Crippen LogP contribution < -0.4 is 10.6 Å². The SMILES string of the molecule is C=CC(F)(F)Cn1c(-c2nnc(CNC(=O)c3cccs3)o2)cc2c(N[C@H]3CCN(C)C[C@H]3F)cccc21. The lowest BCUT2D eigenvalue weighted by Crippen LogP contribution is -2.46. The lowest BCUT2D eigenvalue weighted by Gasteiger charge is -2.33. The normalized spacial score (nSPS) is 18.5. The Morgan fingerprint density at radius 1 is 1.32 bits per heavy atom. The van der Waals surface area contributed by atoms with Crippen LogP contribution in [0.15, 0.2) is 58.9 Å². The van der Waals surface area contributed by atoms with Crippen molar-refractivity contribution in [2.45, 2.75) is 37.6 Å². The number of piperidine rings is 1. The molecule has 2 N–H and O–H groups in total. The molecular weight excluding hydrogens is 517 g/mol. The monoisotopic (exact) mass is 544 g/mol. The second-order valence-electron chi connectivity index (χ2n) is 9.30.